The van der Waals surface area contributed by atoms with Crippen LogP contribution in [0, 0.1) is 11.6 Å². The molecule has 0 spiro atoms. The molecule has 152 valence electrons. The first-order valence-corrected chi connectivity index (χ1v) is 10.5. The Bertz CT molecular complexity index is 982. The first-order chi connectivity index (χ1) is 13.2. The lowest BCUT2D eigenvalue weighted by Gasteiger charge is -2.25. The Balaban J connectivity index is 1.79. The zero-order valence-electron chi connectivity index (χ0n) is 15.7. The first kappa shape index (κ1) is 20.5. The highest BCUT2D eigenvalue weighted by molar-refractivity contribution is 7.89. The van der Waals surface area contributed by atoms with E-state index in [1.807, 2.05) is 0 Å². The second kappa shape index (κ2) is 8.00. The Labute approximate surface area is 162 Å². The average molecular weight is 412 g/mol. The van der Waals surface area contributed by atoms with Crippen molar-refractivity contribution in [1.82, 2.24) is 8.87 Å². The zero-order chi connectivity index (χ0) is 20.5. The highest BCUT2D eigenvalue weighted by Crippen LogP contribution is 2.25. The third kappa shape index (κ3) is 4.10. The van der Waals surface area contributed by atoms with Gasteiger partial charge in [-0.25, -0.2) is 22.0 Å². The molecule has 6 nitrogen and oxygen atoms in total. The summed E-state index contributed by atoms with van der Waals surface area (Å²) in [4.78, 5) is 12.5. The van der Waals surface area contributed by atoms with Crippen LogP contribution in [0.15, 0.2) is 35.4 Å². The molecule has 2 aromatic rings. The predicted molar refractivity (Wildman–Crippen MR) is 98.2 cm³/mol. The number of carbonyl (C=O) groups excluding carboxylic acids is 1. The molecule has 1 fully saturated rings. The second-order valence-corrected chi connectivity index (χ2v) is 8.79. The average Bonchev–Trinajstić information content (AvgIpc) is 3.05. The highest BCUT2D eigenvalue weighted by Gasteiger charge is 2.29. The van der Waals surface area contributed by atoms with Crippen molar-refractivity contribution < 1.29 is 26.7 Å². The van der Waals surface area contributed by atoms with Gasteiger partial charge in [0, 0.05) is 38.0 Å². The molecule has 3 rings (SSSR count). The molecule has 0 N–H and O–H groups in total. The quantitative estimate of drug-likeness (QED) is 0.706. The monoisotopic (exact) mass is 412 g/mol. The van der Waals surface area contributed by atoms with Crippen LogP contribution in [0.4, 0.5) is 8.78 Å². The van der Waals surface area contributed by atoms with E-state index in [1.165, 1.54) is 41.2 Å². The molecule has 1 aliphatic heterocycles. The van der Waals surface area contributed by atoms with Crippen LogP contribution < -0.4 is 0 Å². The minimum Gasteiger partial charge on any atom is -0.453 e. The number of hydrogen-bond donors (Lipinski definition) is 0. The van der Waals surface area contributed by atoms with Gasteiger partial charge in [-0.1, -0.05) is 6.42 Å². The fraction of sp³-hybridized carbons (Fsp3) is 0.421. The number of piperidine rings is 1. The third-order valence-electron chi connectivity index (χ3n) is 4.83. The molecule has 1 saturated heterocycles. The van der Waals surface area contributed by atoms with E-state index in [2.05, 4.69) is 0 Å². The summed E-state index contributed by atoms with van der Waals surface area (Å²) in [6.07, 6.45) is 3.01. The van der Waals surface area contributed by atoms with Crippen molar-refractivity contribution >= 4 is 16.0 Å². The van der Waals surface area contributed by atoms with Gasteiger partial charge in [0.25, 0.3) is 0 Å². The van der Waals surface area contributed by atoms with E-state index in [1.54, 1.807) is 0 Å². The molecule has 0 unspecified atom stereocenters. The molecule has 1 aromatic carbocycles. The maximum atomic E-state index is 13.9. The Morgan fingerprint density at radius 1 is 1.14 bits per heavy atom. The van der Waals surface area contributed by atoms with Gasteiger partial charge in [0.2, 0.25) is 10.0 Å². The van der Waals surface area contributed by atoms with Crippen molar-refractivity contribution in [2.24, 2.45) is 7.05 Å². The number of carbonyl (C=O) groups is 1. The summed E-state index contributed by atoms with van der Waals surface area (Å²) in [6, 6.07) is 4.26. The molecule has 1 aliphatic rings. The summed E-state index contributed by atoms with van der Waals surface area (Å²) >= 11 is 0. The Morgan fingerprint density at radius 2 is 1.82 bits per heavy atom. The Kier molecular flexibility index (Phi) is 5.85. The summed E-state index contributed by atoms with van der Waals surface area (Å²) < 4.78 is 60.5. The summed E-state index contributed by atoms with van der Waals surface area (Å²) in [5.74, 6) is -2.34. The van der Waals surface area contributed by atoms with Crippen LogP contribution in [0.25, 0.3) is 0 Å². The number of aryl methyl sites for hydroxylation is 1. The number of benzene rings is 1. The smallest absolute Gasteiger partial charge is 0.355 e. The van der Waals surface area contributed by atoms with Gasteiger partial charge < -0.3 is 9.30 Å². The van der Waals surface area contributed by atoms with Gasteiger partial charge in [-0.2, -0.15) is 4.31 Å². The van der Waals surface area contributed by atoms with Crippen LogP contribution in [0.2, 0.25) is 0 Å². The van der Waals surface area contributed by atoms with Gasteiger partial charge in [-0.05, 0) is 38.0 Å². The van der Waals surface area contributed by atoms with E-state index >= 15 is 0 Å². The van der Waals surface area contributed by atoms with Crippen molar-refractivity contribution in [2.45, 2.75) is 37.2 Å². The summed E-state index contributed by atoms with van der Waals surface area (Å²) in [5, 5.41) is 0. The van der Waals surface area contributed by atoms with E-state index in [0.717, 1.165) is 25.3 Å². The molecule has 28 heavy (non-hydrogen) atoms. The summed E-state index contributed by atoms with van der Waals surface area (Å²) in [7, 11) is -2.15. The number of esters is 1. The minimum absolute atomic E-state index is 0.0180. The fourth-order valence-electron chi connectivity index (χ4n) is 3.25. The van der Waals surface area contributed by atoms with E-state index in [0.29, 0.717) is 19.2 Å². The molecular weight excluding hydrogens is 390 g/mol. The molecule has 1 aromatic heterocycles. The Hall–Kier alpha value is -2.26. The lowest BCUT2D eigenvalue weighted by molar-refractivity contribution is 0.0320. The highest BCUT2D eigenvalue weighted by atomic mass is 32.2. The SMILES string of the molecule is C[C@H](OC(=O)c1cc(S(=O)(=O)N2CCCCC2)cn1C)c1ccc(F)cc1F. The molecule has 2 heterocycles. The van der Waals surface area contributed by atoms with Crippen LogP contribution >= 0.6 is 0 Å². The number of rotatable bonds is 5. The maximum absolute atomic E-state index is 13.9. The number of nitrogens with zero attached hydrogens (tertiary/aromatic N) is 2. The molecule has 9 heteroatoms. The van der Waals surface area contributed by atoms with Gasteiger partial charge in [0.1, 0.15) is 28.3 Å². The van der Waals surface area contributed by atoms with E-state index in [-0.39, 0.29) is 16.2 Å². The first-order valence-electron chi connectivity index (χ1n) is 9.02. The van der Waals surface area contributed by atoms with Gasteiger partial charge in [-0.3, -0.25) is 0 Å². The van der Waals surface area contributed by atoms with E-state index < -0.39 is 33.7 Å². The molecule has 0 radical (unpaired) electrons. The molecule has 0 aliphatic carbocycles. The fourth-order valence-corrected chi connectivity index (χ4v) is 4.84. The van der Waals surface area contributed by atoms with Crippen LogP contribution in [0.3, 0.4) is 0 Å². The minimum atomic E-state index is -3.69. The summed E-state index contributed by atoms with van der Waals surface area (Å²) in [5.41, 5.74) is 0.0649. The molecular formula is C19H22F2N2O4S. The standard InChI is InChI=1S/C19H22F2N2O4S/c1-13(16-7-6-14(20)10-17(16)21)27-19(24)18-11-15(12-22(18)2)28(25,26)23-8-4-3-5-9-23/h6-7,10-13H,3-5,8-9H2,1-2H3/t13-/m0/s1. The maximum Gasteiger partial charge on any atom is 0.355 e. The molecule has 0 bridgehead atoms. The Morgan fingerprint density at radius 3 is 2.46 bits per heavy atom. The lowest BCUT2D eigenvalue weighted by Crippen LogP contribution is -2.35. The molecule has 1 atom stereocenters. The largest absolute Gasteiger partial charge is 0.453 e. The second-order valence-electron chi connectivity index (χ2n) is 6.85. The van der Waals surface area contributed by atoms with Crippen molar-refractivity contribution in [3.63, 3.8) is 0 Å². The van der Waals surface area contributed by atoms with Gasteiger partial charge in [0.15, 0.2) is 0 Å². The van der Waals surface area contributed by atoms with E-state index in [4.69, 9.17) is 4.74 Å². The van der Waals surface area contributed by atoms with Crippen molar-refractivity contribution in [3.05, 3.63) is 53.4 Å². The normalized spacial score (nSPS) is 16.7. The number of hydrogen-bond acceptors (Lipinski definition) is 4. The lowest BCUT2D eigenvalue weighted by atomic mass is 10.1. The van der Waals surface area contributed by atoms with Crippen molar-refractivity contribution in [2.75, 3.05) is 13.1 Å². The van der Waals surface area contributed by atoms with Crippen molar-refractivity contribution in [3.8, 4) is 0 Å². The molecule has 0 amide bonds. The van der Waals surface area contributed by atoms with E-state index in [9.17, 15) is 22.0 Å². The van der Waals surface area contributed by atoms with Crippen LogP contribution in [0.1, 0.15) is 48.3 Å². The zero-order valence-corrected chi connectivity index (χ0v) is 16.5. The molecule has 0 saturated carbocycles. The number of sulfonamides is 1. The third-order valence-corrected chi connectivity index (χ3v) is 6.69. The van der Waals surface area contributed by atoms with Gasteiger partial charge in [0.05, 0.1) is 0 Å². The summed E-state index contributed by atoms with van der Waals surface area (Å²) in [6.45, 7) is 2.37. The van der Waals surface area contributed by atoms with Crippen molar-refractivity contribution in [1.29, 1.82) is 0 Å². The number of halogens is 2. The number of aromatic nitrogens is 1. The number of ether oxygens (including phenoxy) is 1. The van der Waals surface area contributed by atoms with Gasteiger partial charge >= 0.3 is 5.97 Å². The van der Waals surface area contributed by atoms with Crippen LogP contribution in [-0.2, 0) is 21.8 Å². The topological polar surface area (TPSA) is 68.6 Å². The van der Waals surface area contributed by atoms with Crippen LogP contribution in [-0.4, -0.2) is 36.3 Å². The van der Waals surface area contributed by atoms with Crippen LogP contribution in [0.5, 0.6) is 0 Å². The van der Waals surface area contributed by atoms with Gasteiger partial charge in [-0.15, -0.1) is 0 Å². The predicted octanol–water partition coefficient (Wildman–Crippen LogP) is 3.40.